The van der Waals surface area contributed by atoms with E-state index >= 15 is 0 Å². The molecule has 112 valence electrons. The smallest absolute Gasteiger partial charge is 0.329 e. The van der Waals surface area contributed by atoms with Gasteiger partial charge in [0.05, 0.1) is 22.8 Å². The highest BCUT2D eigenvalue weighted by molar-refractivity contribution is 7.84. The molecule has 0 amide bonds. The molecule has 6 heteroatoms. The fourth-order valence-corrected chi connectivity index (χ4v) is 2.37. The highest BCUT2D eigenvalue weighted by Gasteiger charge is 2.39. The van der Waals surface area contributed by atoms with Gasteiger partial charge in [0, 0.05) is 0 Å². The van der Waals surface area contributed by atoms with Crippen molar-refractivity contribution in [3.05, 3.63) is 29.8 Å². The van der Waals surface area contributed by atoms with E-state index in [1.54, 1.807) is 45.0 Å². The number of ether oxygens (including phenoxy) is 1. The molecule has 0 aliphatic rings. The van der Waals surface area contributed by atoms with E-state index < -0.39 is 27.2 Å². The molecular formula is C14H21NO4S. The quantitative estimate of drug-likeness (QED) is 0.872. The third-order valence-electron chi connectivity index (χ3n) is 2.95. The van der Waals surface area contributed by atoms with E-state index in [0.717, 1.165) is 0 Å². The maximum atomic E-state index is 12.2. The zero-order chi connectivity index (χ0) is 15.6. The van der Waals surface area contributed by atoms with Crippen molar-refractivity contribution in [3.8, 4) is 5.75 Å². The summed E-state index contributed by atoms with van der Waals surface area (Å²) in [7, 11) is 0.0429. The maximum absolute atomic E-state index is 12.2. The summed E-state index contributed by atoms with van der Waals surface area (Å²) in [6.07, 6.45) is 0. The fourth-order valence-electron chi connectivity index (χ4n) is 1.49. The number of carbonyl (C=O) groups is 1. The van der Waals surface area contributed by atoms with Gasteiger partial charge in [-0.05, 0) is 45.4 Å². The molecule has 2 unspecified atom stereocenters. The van der Waals surface area contributed by atoms with Gasteiger partial charge in [-0.2, -0.15) is 0 Å². The number of benzene rings is 1. The summed E-state index contributed by atoms with van der Waals surface area (Å²) in [5.74, 6) is -0.446. The molecule has 1 aromatic rings. The average molecular weight is 299 g/mol. The van der Waals surface area contributed by atoms with Crippen LogP contribution in [0.1, 0.15) is 33.3 Å². The lowest BCUT2D eigenvalue weighted by Gasteiger charge is -2.30. The molecule has 0 aliphatic carbocycles. The Balaban J connectivity index is 3.14. The monoisotopic (exact) mass is 299 g/mol. The second-order valence-corrected chi connectivity index (χ2v) is 7.61. The highest BCUT2D eigenvalue weighted by atomic mass is 32.2. The lowest BCUT2D eigenvalue weighted by Crippen LogP contribution is -2.51. The van der Waals surface area contributed by atoms with Crippen LogP contribution in [0.4, 0.5) is 0 Å². The van der Waals surface area contributed by atoms with E-state index in [-0.39, 0.29) is 0 Å². The van der Waals surface area contributed by atoms with Crippen LogP contribution in [-0.4, -0.2) is 27.1 Å². The first-order valence-electron chi connectivity index (χ1n) is 6.19. The van der Waals surface area contributed by atoms with E-state index in [0.29, 0.717) is 11.3 Å². The molecule has 0 radical (unpaired) electrons. The number of rotatable bonds is 5. The Hall–Kier alpha value is -1.40. The molecule has 0 saturated carbocycles. The first-order valence-corrected chi connectivity index (χ1v) is 7.34. The molecule has 1 aromatic carbocycles. The van der Waals surface area contributed by atoms with Gasteiger partial charge in [0.25, 0.3) is 0 Å². The van der Waals surface area contributed by atoms with Crippen molar-refractivity contribution in [3.63, 3.8) is 0 Å². The largest absolute Gasteiger partial charge is 0.497 e. The highest BCUT2D eigenvalue weighted by Crippen LogP contribution is 2.26. The van der Waals surface area contributed by atoms with Gasteiger partial charge in [-0.15, -0.1) is 0 Å². The fraction of sp³-hybridized carbons (Fsp3) is 0.500. The van der Waals surface area contributed by atoms with Crippen LogP contribution in [0.25, 0.3) is 0 Å². The van der Waals surface area contributed by atoms with E-state index in [9.17, 15) is 14.1 Å². The molecule has 0 bridgehead atoms. The van der Waals surface area contributed by atoms with E-state index in [4.69, 9.17) is 4.74 Å². The molecule has 5 nitrogen and oxygen atoms in total. The number of nitrogens with one attached hydrogen (secondary N) is 1. The predicted molar refractivity (Wildman–Crippen MR) is 79.0 cm³/mol. The van der Waals surface area contributed by atoms with Gasteiger partial charge in [0.15, 0.2) is 5.54 Å². The Kier molecular flexibility index (Phi) is 4.94. The summed E-state index contributed by atoms with van der Waals surface area (Å²) in [4.78, 5) is 11.6. The predicted octanol–water partition coefficient (Wildman–Crippen LogP) is 2.05. The van der Waals surface area contributed by atoms with E-state index in [1.165, 1.54) is 14.0 Å². The molecule has 0 saturated heterocycles. The van der Waals surface area contributed by atoms with Crippen molar-refractivity contribution in [2.24, 2.45) is 0 Å². The molecule has 0 heterocycles. The van der Waals surface area contributed by atoms with Crippen molar-refractivity contribution < 1.29 is 18.8 Å². The summed E-state index contributed by atoms with van der Waals surface area (Å²) in [6, 6.07) is 6.66. The minimum atomic E-state index is -1.50. The standard InChI is InChI=1S/C14H21NO4S/c1-13(2,3)20(18)15-14(4,12(16)17)10-6-8-11(19-5)9-7-10/h6-9,15H,1-5H3,(H,16,17). The Labute approximate surface area is 121 Å². The number of hydrogen-bond donors (Lipinski definition) is 2. The van der Waals surface area contributed by atoms with Crippen LogP contribution in [0.2, 0.25) is 0 Å². The number of hydrogen-bond acceptors (Lipinski definition) is 3. The third kappa shape index (κ3) is 3.58. The van der Waals surface area contributed by atoms with Crippen molar-refractivity contribution in [2.75, 3.05) is 7.11 Å². The molecule has 0 aromatic heterocycles. The van der Waals surface area contributed by atoms with Gasteiger partial charge in [-0.25, -0.2) is 13.7 Å². The first-order chi connectivity index (χ1) is 9.11. The zero-order valence-electron chi connectivity index (χ0n) is 12.4. The van der Waals surface area contributed by atoms with Crippen molar-refractivity contribution >= 4 is 17.0 Å². The summed E-state index contributed by atoms with van der Waals surface area (Å²) in [5.41, 5.74) is -0.909. The molecule has 0 aliphatic heterocycles. The molecule has 1 rings (SSSR count). The minimum absolute atomic E-state index is 0.517. The lowest BCUT2D eigenvalue weighted by atomic mass is 9.93. The number of carboxylic acids is 1. The van der Waals surface area contributed by atoms with Gasteiger partial charge in [0.1, 0.15) is 5.75 Å². The Morgan fingerprint density at radius 2 is 1.70 bits per heavy atom. The van der Waals surface area contributed by atoms with Gasteiger partial charge in [-0.1, -0.05) is 12.1 Å². The Bertz CT molecular complexity index is 507. The van der Waals surface area contributed by atoms with Crippen LogP contribution < -0.4 is 9.46 Å². The van der Waals surface area contributed by atoms with Gasteiger partial charge < -0.3 is 9.84 Å². The van der Waals surface area contributed by atoms with Crippen LogP contribution >= 0.6 is 0 Å². The lowest BCUT2D eigenvalue weighted by molar-refractivity contribution is -0.143. The molecule has 2 N–H and O–H groups in total. The topological polar surface area (TPSA) is 75.6 Å². The van der Waals surface area contributed by atoms with Crippen LogP contribution in [0.3, 0.4) is 0 Å². The molecule has 20 heavy (non-hydrogen) atoms. The first kappa shape index (κ1) is 16.7. The molecular weight excluding hydrogens is 278 g/mol. The zero-order valence-corrected chi connectivity index (χ0v) is 13.2. The van der Waals surface area contributed by atoms with Crippen LogP contribution in [0.5, 0.6) is 5.75 Å². The number of methoxy groups -OCH3 is 1. The molecule has 2 atom stereocenters. The van der Waals surface area contributed by atoms with Gasteiger partial charge >= 0.3 is 5.97 Å². The van der Waals surface area contributed by atoms with Gasteiger partial charge in [-0.3, -0.25) is 0 Å². The van der Waals surface area contributed by atoms with Crippen molar-refractivity contribution in [2.45, 2.75) is 38.0 Å². The second-order valence-electron chi connectivity index (χ2n) is 5.64. The van der Waals surface area contributed by atoms with Crippen LogP contribution in [-0.2, 0) is 21.3 Å². The second kappa shape index (κ2) is 5.93. The Morgan fingerprint density at radius 1 is 1.20 bits per heavy atom. The molecule has 0 spiro atoms. The van der Waals surface area contributed by atoms with E-state index in [2.05, 4.69) is 4.72 Å². The number of carboxylic acid groups (broad SMARTS) is 1. The summed E-state index contributed by atoms with van der Waals surface area (Å²) in [6.45, 7) is 6.85. The Morgan fingerprint density at radius 3 is 2.05 bits per heavy atom. The van der Waals surface area contributed by atoms with Crippen LogP contribution in [0.15, 0.2) is 24.3 Å². The minimum Gasteiger partial charge on any atom is -0.497 e. The molecule has 0 fully saturated rings. The SMILES string of the molecule is COc1ccc(C(C)(NS(=O)C(C)(C)C)C(=O)O)cc1. The summed E-state index contributed by atoms with van der Waals surface area (Å²) >= 11 is 0. The summed E-state index contributed by atoms with van der Waals surface area (Å²) < 4.78 is 19.4. The third-order valence-corrected chi connectivity index (χ3v) is 4.65. The summed E-state index contributed by atoms with van der Waals surface area (Å²) in [5, 5.41) is 9.50. The normalized spacial score (nSPS) is 16.2. The van der Waals surface area contributed by atoms with Gasteiger partial charge in [0.2, 0.25) is 0 Å². The van der Waals surface area contributed by atoms with Crippen LogP contribution in [0, 0.1) is 0 Å². The van der Waals surface area contributed by atoms with E-state index in [1.807, 2.05) is 0 Å². The average Bonchev–Trinajstić information content (AvgIpc) is 2.37. The van der Waals surface area contributed by atoms with Crippen molar-refractivity contribution in [1.29, 1.82) is 0 Å². The maximum Gasteiger partial charge on any atom is 0.329 e. The van der Waals surface area contributed by atoms with Crippen molar-refractivity contribution in [1.82, 2.24) is 4.72 Å². The number of aliphatic carboxylic acids is 1.